The Bertz CT molecular complexity index is 363. The Morgan fingerprint density at radius 3 is 2.39 bits per heavy atom. The highest BCUT2D eigenvalue weighted by atomic mass is 15.3. The van der Waals surface area contributed by atoms with E-state index in [0.29, 0.717) is 0 Å². The van der Waals surface area contributed by atoms with Gasteiger partial charge in [0, 0.05) is 24.2 Å². The molecule has 2 nitrogen and oxygen atoms in total. The SMILES string of the molecule is CC1(C)CCNCC(C)(C)N1Cc1ccccc1. The van der Waals surface area contributed by atoms with Gasteiger partial charge in [0.2, 0.25) is 0 Å². The van der Waals surface area contributed by atoms with Crippen molar-refractivity contribution < 1.29 is 0 Å². The van der Waals surface area contributed by atoms with Gasteiger partial charge < -0.3 is 5.32 Å². The van der Waals surface area contributed by atoms with Crippen LogP contribution in [-0.4, -0.2) is 29.1 Å². The van der Waals surface area contributed by atoms with Gasteiger partial charge in [-0.05, 0) is 46.2 Å². The van der Waals surface area contributed by atoms with E-state index < -0.39 is 0 Å². The van der Waals surface area contributed by atoms with E-state index in [2.05, 4.69) is 68.2 Å². The van der Waals surface area contributed by atoms with Gasteiger partial charge in [0.1, 0.15) is 0 Å². The molecule has 100 valence electrons. The van der Waals surface area contributed by atoms with E-state index in [-0.39, 0.29) is 11.1 Å². The van der Waals surface area contributed by atoms with Gasteiger partial charge in [-0.1, -0.05) is 30.3 Å². The van der Waals surface area contributed by atoms with Crippen LogP contribution in [0.5, 0.6) is 0 Å². The van der Waals surface area contributed by atoms with Gasteiger partial charge in [-0.3, -0.25) is 4.90 Å². The fraction of sp³-hybridized carbons (Fsp3) is 0.625. The van der Waals surface area contributed by atoms with Crippen molar-refractivity contribution >= 4 is 0 Å². The summed E-state index contributed by atoms with van der Waals surface area (Å²) in [5.74, 6) is 0. The number of hydrogen-bond acceptors (Lipinski definition) is 2. The first-order chi connectivity index (χ1) is 8.42. The molecule has 1 aliphatic heterocycles. The molecule has 0 aromatic heterocycles. The predicted molar refractivity (Wildman–Crippen MR) is 77.6 cm³/mol. The molecule has 1 saturated heterocycles. The Morgan fingerprint density at radius 2 is 1.72 bits per heavy atom. The summed E-state index contributed by atoms with van der Waals surface area (Å²) in [5, 5.41) is 3.57. The van der Waals surface area contributed by atoms with Crippen LogP contribution < -0.4 is 5.32 Å². The summed E-state index contributed by atoms with van der Waals surface area (Å²) >= 11 is 0. The van der Waals surface area contributed by atoms with Crippen LogP contribution in [0.15, 0.2) is 30.3 Å². The van der Waals surface area contributed by atoms with Crippen molar-refractivity contribution in [3.8, 4) is 0 Å². The van der Waals surface area contributed by atoms with E-state index in [1.165, 1.54) is 12.0 Å². The molecular formula is C16H26N2. The van der Waals surface area contributed by atoms with E-state index in [9.17, 15) is 0 Å². The van der Waals surface area contributed by atoms with Crippen LogP contribution in [0.3, 0.4) is 0 Å². The van der Waals surface area contributed by atoms with E-state index in [4.69, 9.17) is 0 Å². The summed E-state index contributed by atoms with van der Waals surface area (Å²) in [6, 6.07) is 10.8. The molecule has 0 unspecified atom stereocenters. The quantitative estimate of drug-likeness (QED) is 0.863. The molecule has 1 aliphatic rings. The third-order valence-corrected chi connectivity index (χ3v) is 4.12. The summed E-state index contributed by atoms with van der Waals surface area (Å²) in [6.45, 7) is 12.6. The van der Waals surface area contributed by atoms with Crippen LogP contribution in [0, 0.1) is 0 Å². The molecule has 0 amide bonds. The van der Waals surface area contributed by atoms with E-state index >= 15 is 0 Å². The molecule has 1 N–H and O–H groups in total. The van der Waals surface area contributed by atoms with Crippen molar-refractivity contribution in [3.63, 3.8) is 0 Å². The smallest absolute Gasteiger partial charge is 0.0286 e. The second-order valence-corrected chi connectivity index (χ2v) is 6.62. The molecule has 0 aliphatic carbocycles. The van der Waals surface area contributed by atoms with Crippen LogP contribution in [0.4, 0.5) is 0 Å². The normalized spacial score (nSPS) is 23.6. The maximum Gasteiger partial charge on any atom is 0.0286 e. The molecule has 2 heteroatoms. The third kappa shape index (κ3) is 2.93. The zero-order valence-electron chi connectivity index (χ0n) is 12.2. The van der Waals surface area contributed by atoms with Gasteiger partial charge >= 0.3 is 0 Å². The minimum atomic E-state index is 0.190. The molecule has 0 saturated carbocycles. The van der Waals surface area contributed by atoms with Gasteiger partial charge in [-0.15, -0.1) is 0 Å². The molecule has 1 aromatic carbocycles. The fourth-order valence-corrected chi connectivity index (χ4v) is 3.03. The average Bonchev–Trinajstić information content (AvgIpc) is 2.41. The van der Waals surface area contributed by atoms with Gasteiger partial charge in [-0.2, -0.15) is 0 Å². The van der Waals surface area contributed by atoms with Crippen LogP contribution in [0.25, 0.3) is 0 Å². The van der Waals surface area contributed by atoms with E-state index in [1.807, 2.05) is 0 Å². The maximum absolute atomic E-state index is 3.57. The Hall–Kier alpha value is -0.860. The molecule has 0 spiro atoms. The number of hydrogen-bond donors (Lipinski definition) is 1. The molecule has 1 heterocycles. The minimum Gasteiger partial charge on any atom is -0.315 e. The number of rotatable bonds is 2. The van der Waals surface area contributed by atoms with Crippen molar-refractivity contribution in [1.29, 1.82) is 0 Å². The lowest BCUT2D eigenvalue weighted by Crippen LogP contribution is -2.56. The maximum atomic E-state index is 3.57. The van der Waals surface area contributed by atoms with Gasteiger partial charge in [0.05, 0.1) is 0 Å². The van der Waals surface area contributed by atoms with Gasteiger partial charge in [0.25, 0.3) is 0 Å². The highest BCUT2D eigenvalue weighted by Crippen LogP contribution is 2.31. The Morgan fingerprint density at radius 1 is 1.06 bits per heavy atom. The zero-order chi connectivity index (χ0) is 13.2. The van der Waals surface area contributed by atoms with Crippen LogP contribution in [-0.2, 0) is 6.54 Å². The van der Waals surface area contributed by atoms with Crippen LogP contribution in [0.1, 0.15) is 39.7 Å². The van der Waals surface area contributed by atoms with Crippen molar-refractivity contribution in [3.05, 3.63) is 35.9 Å². The molecular weight excluding hydrogens is 220 g/mol. The highest BCUT2D eigenvalue weighted by Gasteiger charge is 2.39. The Kier molecular flexibility index (Phi) is 3.79. The van der Waals surface area contributed by atoms with Crippen LogP contribution in [0.2, 0.25) is 0 Å². The minimum absolute atomic E-state index is 0.190. The van der Waals surface area contributed by atoms with Crippen molar-refractivity contribution in [2.45, 2.75) is 51.7 Å². The Labute approximate surface area is 111 Å². The molecule has 0 bridgehead atoms. The van der Waals surface area contributed by atoms with E-state index in [1.54, 1.807) is 0 Å². The number of nitrogens with one attached hydrogen (secondary N) is 1. The largest absolute Gasteiger partial charge is 0.315 e. The topological polar surface area (TPSA) is 15.3 Å². The fourth-order valence-electron chi connectivity index (χ4n) is 3.03. The van der Waals surface area contributed by atoms with Crippen LogP contribution >= 0.6 is 0 Å². The van der Waals surface area contributed by atoms with Crippen molar-refractivity contribution in [1.82, 2.24) is 10.2 Å². The summed E-state index contributed by atoms with van der Waals surface area (Å²) in [5.41, 5.74) is 1.83. The molecule has 1 fully saturated rings. The first kappa shape index (κ1) is 13.6. The lowest BCUT2D eigenvalue weighted by atomic mass is 9.91. The Balaban J connectivity index is 2.25. The van der Waals surface area contributed by atoms with Gasteiger partial charge in [-0.25, -0.2) is 0 Å². The lowest BCUT2D eigenvalue weighted by Gasteiger charge is -2.47. The molecule has 0 radical (unpaired) electrons. The summed E-state index contributed by atoms with van der Waals surface area (Å²) < 4.78 is 0. The summed E-state index contributed by atoms with van der Waals surface area (Å²) in [6.07, 6.45) is 1.20. The zero-order valence-corrected chi connectivity index (χ0v) is 12.2. The second-order valence-electron chi connectivity index (χ2n) is 6.62. The van der Waals surface area contributed by atoms with Crippen molar-refractivity contribution in [2.75, 3.05) is 13.1 Å². The highest BCUT2D eigenvalue weighted by molar-refractivity contribution is 5.16. The monoisotopic (exact) mass is 246 g/mol. The van der Waals surface area contributed by atoms with Crippen molar-refractivity contribution in [2.24, 2.45) is 0 Å². The summed E-state index contributed by atoms with van der Waals surface area (Å²) in [7, 11) is 0. The van der Waals surface area contributed by atoms with E-state index in [0.717, 1.165) is 19.6 Å². The standard InChI is InChI=1S/C16H26N2/c1-15(2)10-11-17-13-16(3,4)18(15)12-14-8-6-5-7-9-14/h5-9,17H,10-13H2,1-4H3. The first-order valence-electron chi connectivity index (χ1n) is 6.94. The molecule has 1 aromatic rings. The summed E-state index contributed by atoms with van der Waals surface area (Å²) in [4.78, 5) is 2.65. The predicted octanol–water partition coefficient (Wildman–Crippen LogP) is 3.04. The lowest BCUT2D eigenvalue weighted by molar-refractivity contribution is 0.0192. The number of nitrogens with zero attached hydrogens (tertiary/aromatic N) is 1. The second kappa shape index (κ2) is 5.02. The van der Waals surface area contributed by atoms with Gasteiger partial charge in [0.15, 0.2) is 0 Å². The molecule has 18 heavy (non-hydrogen) atoms. The molecule has 2 rings (SSSR count). The first-order valence-corrected chi connectivity index (χ1v) is 6.94. The number of benzene rings is 1. The molecule has 0 atom stereocenters. The third-order valence-electron chi connectivity index (χ3n) is 4.12. The average molecular weight is 246 g/mol.